The van der Waals surface area contributed by atoms with Crippen molar-refractivity contribution in [2.45, 2.75) is 25.4 Å². The number of rotatable bonds is 7. The lowest BCUT2D eigenvalue weighted by molar-refractivity contribution is 0.0642. The molecule has 0 bridgehead atoms. The molecule has 5 rings (SSSR count). The van der Waals surface area contributed by atoms with E-state index in [2.05, 4.69) is 10.6 Å². The molecule has 4 amide bonds. The average Bonchev–Trinajstić information content (AvgIpc) is 3.66. The molecule has 176 valence electrons. The Morgan fingerprint density at radius 1 is 0.914 bits per heavy atom. The number of imide groups is 1. The van der Waals surface area contributed by atoms with Crippen molar-refractivity contribution in [2.75, 3.05) is 12.4 Å². The highest BCUT2D eigenvalue weighted by atomic mass is 16.5. The Labute approximate surface area is 201 Å². The molecule has 1 aliphatic heterocycles. The first-order valence-electron chi connectivity index (χ1n) is 11.3. The van der Waals surface area contributed by atoms with Crippen molar-refractivity contribution >= 4 is 29.3 Å². The van der Waals surface area contributed by atoms with Crippen molar-refractivity contribution in [2.24, 2.45) is 0 Å². The fourth-order valence-electron chi connectivity index (χ4n) is 4.03. The molecule has 0 spiro atoms. The predicted molar refractivity (Wildman–Crippen MR) is 129 cm³/mol. The number of amides is 4. The number of nitrogens with one attached hydrogen (secondary N) is 2. The summed E-state index contributed by atoms with van der Waals surface area (Å²) in [5, 5.41) is 5.73. The summed E-state index contributed by atoms with van der Waals surface area (Å²) in [6.07, 6.45) is 1.97. The number of benzene rings is 3. The maximum absolute atomic E-state index is 13.1. The Kier molecular flexibility index (Phi) is 5.78. The maximum Gasteiger partial charge on any atom is 0.261 e. The maximum atomic E-state index is 13.1. The van der Waals surface area contributed by atoms with Gasteiger partial charge >= 0.3 is 0 Å². The van der Waals surface area contributed by atoms with Crippen LogP contribution in [-0.4, -0.2) is 41.7 Å². The third-order valence-electron chi connectivity index (χ3n) is 6.02. The highest BCUT2D eigenvalue weighted by Gasteiger charge is 2.35. The first-order valence-corrected chi connectivity index (χ1v) is 11.3. The molecule has 1 saturated carbocycles. The van der Waals surface area contributed by atoms with Crippen LogP contribution in [-0.2, 0) is 6.54 Å². The van der Waals surface area contributed by atoms with Gasteiger partial charge in [0.25, 0.3) is 23.6 Å². The Hall–Kier alpha value is -4.46. The molecule has 0 unspecified atom stereocenters. The highest BCUT2D eigenvalue weighted by molar-refractivity contribution is 6.21. The minimum absolute atomic E-state index is 0.0213. The number of anilines is 1. The number of methoxy groups -OCH3 is 1. The lowest BCUT2D eigenvalue weighted by Crippen LogP contribution is -2.29. The van der Waals surface area contributed by atoms with Gasteiger partial charge in [-0.2, -0.15) is 0 Å². The molecule has 0 saturated heterocycles. The second-order valence-electron chi connectivity index (χ2n) is 8.56. The standard InChI is InChI=1S/C27H23N3O5/c1-35-23-12-9-16(15-30-26(33)20-7-2-3-8-21(20)27(30)34)13-22(23)25(32)29-19-6-4-5-17(14-19)24(31)28-18-10-11-18/h2-9,12-14,18H,10-11,15H2,1H3,(H,28,31)(H,29,32). The molecule has 2 aliphatic rings. The molecule has 1 fully saturated rings. The number of carbonyl (C=O) groups is 4. The normalized spacial score (nSPS) is 14.5. The third-order valence-corrected chi connectivity index (χ3v) is 6.02. The zero-order chi connectivity index (χ0) is 24.5. The van der Waals surface area contributed by atoms with E-state index < -0.39 is 5.91 Å². The summed E-state index contributed by atoms with van der Waals surface area (Å²) in [7, 11) is 1.46. The van der Waals surface area contributed by atoms with Gasteiger partial charge in [-0.05, 0) is 60.9 Å². The van der Waals surface area contributed by atoms with Crippen molar-refractivity contribution in [3.63, 3.8) is 0 Å². The third kappa shape index (κ3) is 4.50. The fourth-order valence-corrected chi connectivity index (χ4v) is 4.03. The Morgan fingerprint density at radius 2 is 1.63 bits per heavy atom. The Balaban J connectivity index is 1.35. The average molecular weight is 469 g/mol. The first-order chi connectivity index (χ1) is 16.9. The number of ether oxygens (including phenoxy) is 1. The van der Waals surface area contributed by atoms with Crippen molar-refractivity contribution in [1.29, 1.82) is 0 Å². The highest BCUT2D eigenvalue weighted by Crippen LogP contribution is 2.27. The molecule has 3 aromatic rings. The summed E-state index contributed by atoms with van der Waals surface area (Å²) in [5.41, 5.74) is 2.51. The van der Waals surface area contributed by atoms with Crippen LogP contribution in [0.5, 0.6) is 5.75 Å². The van der Waals surface area contributed by atoms with Crippen LogP contribution in [0.1, 0.15) is 59.8 Å². The van der Waals surface area contributed by atoms with Gasteiger partial charge in [0, 0.05) is 17.3 Å². The monoisotopic (exact) mass is 469 g/mol. The Bertz CT molecular complexity index is 1330. The van der Waals surface area contributed by atoms with Crippen LogP contribution in [0.25, 0.3) is 0 Å². The lowest BCUT2D eigenvalue weighted by Gasteiger charge is -2.16. The number of carbonyl (C=O) groups excluding carboxylic acids is 4. The predicted octanol–water partition coefficient (Wildman–Crippen LogP) is 3.64. The molecule has 35 heavy (non-hydrogen) atoms. The van der Waals surface area contributed by atoms with E-state index >= 15 is 0 Å². The molecule has 8 heteroatoms. The smallest absolute Gasteiger partial charge is 0.261 e. The summed E-state index contributed by atoms with van der Waals surface area (Å²) < 4.78 is 5.36. The zero-order valence-corrected chi connectivity index (χ0v) is 19.0. The van der Waals surface area contributed by atoms with E-state index in [1.807, 2.05) is 0 Å². The van der Waals surface area contributed by atoms with Gasteiger partial charge in [0.2, 0.25) is 0 Å². The quantitative estimate of drug-likeness (QED) is 0.514. The minimum atomic E-state index is -0.439. The van der Waals surface area contributed by atoms with Crippen LogP contribution in [0.2, 0.25) is 0 Å². The zero-order valence-electron chi connectivity index (χ0n) is 19.0. The van der Waals surface area contributed by atoms with Gasteiger partial charge < -0.3 is 15.4 Å². The number of fused-ring (bicyclic) bond motifs is 1. The number of hydrogen-bond acceptors (Lipinski definition) is 5. The summed E-state index contributed by atoms with van der Waals surface area (Å²) in [6.45, 7) is 0.0213. The molecule has 2 N–H and O–H groups in total. The van der Waals surface area contributed by atoms with Gasteiger partial charge in [0.15, 0.2) is 0 Å². The van der Waals surface area contributed by atoms with E-state index in [-0.39, 0.29) is 35.9 Å². The second-order valence-corrected chi connectivity index (χ2v) is 8.56. The number of nitrogens with zero attached hydrogens (tertiary/aromatic N) is 1. The van der Waals surface area contributed by atoms with Crippen LogP contribution in [0, 0.1) is 0 Å². The lowest BCUT2D eigenvalue weighted by atomic mass is 10.1. The molecule has 0 aromatic heterocycles. The Morgan fingerprint density at radius 3 is 2.29 bits per heavy atom. The van der Waals surface area contributed by atoms with Crippen LogP contribution < -0.4 is 15.4 Å². The van der Waals surface area contributed by atoms with Gasteiger partial charge in [-0.15, -0.1) is 0 Å². The van der Waals surface area contributed by atoms with Crippen LogP contribution in [0.15, 0.2) is 66.7 Å². The van der Waals surface area contributed by atoms with E-state index in [1.54, 1.807) is 66.7 Å². The molecule has 8 nitrogen and oxygen atoms in total. The second kappa shape index (κ2) is 9.06. The van der Waals surface area contributed by atoms with E-state index in [0.29, 0.717) is 33.7 Å². The van der Waals surface area contributed by atoms with Crippen LogP contribution in [0.4, 0.5) is 5.69 Å². The summed E-state index contributed by atoms with van der Waals surface area (Å²) in [4.78, 5) is 52.1. The molecular formula is C27H23N3O5. The molecule has 1 heterocycles. The minimum Gasteiger partial charge on any atom is -0.496 e. The summed E-state index contributed by atoms with van der Waals surface area (Å²) in [5.74, 6) is -1.01. The first kappa shape index (κ1) is 22.3. The SMILES string of the molecule is COc1ccc(CN2C(=O)c3ccccc3C2=O)cc1C(=O)Nc1cccc(C(=O)NC2CC2)c1. The largest absolute Gasteiger partial charge is 0.496 e. The number of hydrogen-bond donors (Lipinski definition) is 2. The van der Waals surface area contributed by atoms with Gasteiger partial charge in [-0.3, -0.25) is 24.1 Å². The van der Waals surface area contributed by atoms with E-state index in [1.165, 1.54) is 7.11 Å². The van der Waals surface area contributed by atoms with E-state index in [4.69, 9.17) is 4.74 Å². The fraction of sp³-hybridized carbons (Fsp3) is 0.185. The van der Waals surface area contributed by atoms with Gasteiger partial charge in [-0.25, -0.2) is 0 Å². The molecule has 0 atom stereocenters. The van der Waals surface area contributed by atoms with Crippen LogP contribution >= 0.6 is 0 Å². The van der Waals surface area contributed by atoms with Crippen molar-refractivity contribution in [1.82, 2.24) is 10.2 Å². The molecular weight excluding hydrogens is 446 g/mol. The summed E-state index contributed by atoms with van der Waals surface area (Å²) >= 11 is 0. The van der Waals surface area contributed by atoms with E-state index in [9.17, 15) is 19.2 Å². The van der Waals surface area contributed by atoms with Crippen molar-refractivity contribution in [3.05, 3.63) is 94.5 Å². The molecule has 1 aliphatic carbocycles. The molecule has 3 aromatic carbocycles. The summed E-state index contributed by atoms with van der Waals surface area (Å²) in [6, 6.07) is 18.6. The van der Waals surface area contributed by atoms with Crippen LogP contribution in [0.3, 0.4) is 0 Å². The van der Waals surface area contributed by atoms with Crippen molar-refractivity contribution < 1.29 is 23.9 Å². The van der Waals surface area contributed by atoms with Gasteiger partial charge in [-0.1, -0.05) is 24.3 Å². The molecule has 0 radical (unpaired) electrons. The van der Waals surface area contributed by atoms with E-state index in [0.717, 1.165) is 17.7 Å². The van der Waals surface area contributed by atoms with Crippen molar-refractivity contribution in [3.8, 4) is 5.75 Å². The van der Waals surface area contributed by atoms with Gasteiger partial charge in [0.1, 0.15) is 5.75 Å². The van der Waals surface area contributed by atoms with Gasteiger partial charge in [0.05, 0.1) is 30.3 Å². The topological polar surface area (TPSA) is 105 Å².